The Kier molecular flexibility index (Phi) is 4.35. The van der Waals surface area contributed by atoms with Crippen LogP contribution in [0.2, 0.25) is 5.28 Å². The smallest absolute Gasteiger partial charge is 0.339 e. The summed E-state index contributed by atoms with van der Waals surface area (Å²) in [6.07, 6.45) is 0. The first kappa shape index (κ1) is 14.5. The Morgan fingerprint density at radius 3 is 2.65 bits per heavy atom. The molecule has 0 saturated heterocycles. The predicted octanol–water partition coefficient (Wildman–Crippen LogP) is 2.79. The molecule has 0 spiro atoms. The lowest BCUT2D eigenvalue weighted by Crippen LogP contribution is -2.03. The number of rotatable bonds is 4. The van der Waals surface area contributed by atoms with Crippen molar-refractivity contribution in [3.63, 3.8) is 0 Å². The van der Waals surface area contributed by atoms with E-state index in [4.69, 9.17) is 26.2 Å². The zero-order chi connectivity index (χ0) is 14.7. The zero-order valence-corrected chi connectivity index (χ0v) is 12.3. The number of halogens is 2. The van der Waals surface area contributed by atoms with Crippen LogP contribution in [0.5, 0.6) is 17.8 Å². The summed E-state index contributed by atoms with van der Waals surface area (Å²) in [6, 6.07) is 4.30. The molecule has 0 bridgehead atoms. The van der Waals surface area contributed by atoms with E-state index in [0.29, 0.717) is 4.47 Å². The van der Waals surface area contributed by atoms with Crippen molar-refractivity contribution in [2.24, 2.45) is 0 Å². The molecule has 0 amide bonds. The van der Waals surface area contributed by atoms with Gasteiger partial charge in [0.1, 0.15) is 11.3 Å². The molecule has 0 fully saturated rings. The van der Waals surface area contributed by atoms with Gasteiger partial charge in [-0.1, -0.05) is 15.9 Å². The minimum Gasteiger partial charge on any atom is -0.478 e. The minimum atomic E-state index is -1.14. The highest BCUT2D eigenvalue weighted by atomic mass is 79.9. The van der Waals surface area contributed by atoms with Crippen molar-refractivity contribution in [1.82, 2.24) is 15.0 Å². The van der Waals surface area contributed by atoms with Gasteiger partial charge in [-0.05, 0) is 29.8 Å². The lowest BCUT2D eigenvalue weighted by molar-refractivity contribution is 0.0694. The van der Waals surface area contributed by atoms with Gasteiger partial charge in [-0.2, -0.15) is 9.97 Å². The molecule has 1 heterocycles. The van der Waals surface area contributed by atoms with Gasteiger partial charge in [0.15, 0.2) is 0 Å². The lowest BCUT2D eigenvalue weighted by Gasteiger charge is -2.08. The topological polar surface area (TPSA) is 94.4 Å². The average molecular weight is 361 g/mol. The first-order valence-electron chi connectivity index (χ1n) is 5.16. The summed E-state index contributed by atoms with van der Waals surface area (Å²) >= 11 is 8.86. The number of nitrogens with zero attached hydrogens (tertiary/aromatic N) is 3. The molecule has 0 saturated carbocycles. The van der Waals surface area contributed by atoms with Crippen LogP contribution in [0.15, 0.2) is 22.7 Å². The van der Waals surface area contributed by atoms with Crippen molar-refractivity contribution < 1.29 is 19.4 Å². The SMILES string of the molecule is COc1nc(Cl)nc(Oc2ccc(Br)cc2C(=O)O)n1. The summed E-state index contributed by atoms with van der Waals surface area (Å²) < 4.78 is 10.7. The summed E-state index contributed by atoms with van der Waals surface area (Å²) in [5.41, 5.74) is -0.0464. The zero-order valence-electron chi connectivity index (χ0n) is 10.0. The third kappa shape index (κ3) is 3.34. The average Bonchev–Trinajstić information content (AvgIpc) is 2.40. The number of carboxylic acids is 1. The molecule has 1 N–H and O–H groups in total. The summed E-state index contributed by atoms with van der Waals surface area (Å²) in [5.74, 6) is -1.07. The molecule has 20 heavy (non-hydrogen) atoms. The first-order chi connectivity index (χ1) is 9.49. The second-order valence-corrected chi connectivity index (χ2v) is 4.68. The Labute approximate surface area is 126 Å². The number of hydrogen-bond acceptors (Lipinski definition) is 6. The molecule has 0 aliphatic carbocycles. The number of benzene rings is 1. The van der Waals surface area contributed by atoms with E-state index < -0.39 is 5.97 Å². The van der Waals surface area contributed by atoms with Crippen LogP contribution in [0.3, 0.4) is 0 Å². The maximum atomic E-state index is 11.1. The van der Waals surface area contributed by atoms with Crippen LogP contribution in [0.25, 0.3) is 0 Å². The van der Waals surface area contributed by atoms with Crippen LogP contribution in [-0.4, -0.2) is 33.1 Å². The van der Waals surface area contributed by atoms with Crippen LogP contribution >= 0.6 is 27.5 Å². The molecule has 2 aromatic rings. The number of aromatic carboxylic acids is 1. The monoisotopic (exact) mass is 359 g/mol. The van der Waals surface area contributed by atoms with Gasteiger partial charge in [0.05, 0.1) is 7.11 Å². The normalized spacial score (nSPS) is 10.2. The molecule has 104 valence electrons. The van der Waals surface area contributed by atoms with E-state index in [1.165, 1.54) is 19.2 Å². The summed E-state index contributed by atoms with van der Waals surface area (Å²) in [4.78, 5) is 22.4. The fourth-order valence-corrected chi connectivity index (χ4v) is 1.81. The lowest BCUT2D eigenvalue weighted by atomic mass is 10.2. The van der Waals surface area contributed by atoms with Crippen molar-refractivity contribution in [1.29, 1.82) is 0 Å². The molecule has 0 radical (unpaired) electrons. The Morgan fingerprint density at radius 2 is 2.00 bits per heavy atom. The molecule has 9 heteroatoms. The van der Waals surface area contributed by atoms with Crippen molar-refractivity contribution in [3.8, 4) is 17.8 Å². The summed E-state index contributed by atoms with van der Waals surface area (Å²) in [6.45, 7) is 0. The van der Waals surface area contributed by atoms with E-state index in [0.717, 1.165) is 0 Å². The van der Waals surface area contributed by atoms with Gasteiger partial charge < -0.3 is 14.6 Å². The molecule has 1 aromatic carbocycles. The van der Waals surface area contributed by atoms with Gasteiger partial charge >= 0.3 is 18.0 Å². The molecular formula is C11H7BrClN3O4. The number of aromatic nitrogens is 3. The highest BCUT2D eigenvalue weighted by Gasteiger charge is 2.15. The fraction of sp³-hybridized carbons (Fsp3) is 0.0909. The fourth-order valence-electron chi connectivity index (χ4n) is 1.31. The van der Waals surface area contributed by atoms with Gasteiger partial charge in [-0.15, -0.1) is 4.98 Å². The quantitative estimate of drug-likeness (QED) is 0.895. The summed E-state index contributed by atoms with van der Waals surface area (Å²) in [5, 5.41) is 8.99. The second-order valence-electron chi connectivity index (χ2n) is 3.42. The third-order valence-corrected chi connectivity index (χ3v) is 2.79. The van der Waals surface area contributed by atoms with Crippen LogP contribution in [-0.2, 0) is 0 Å². The van der Waals surface area contributed by atoms with Crippen LogP contribution in [0, 0.1) is 0 Å². The van der Waals surface area contributed by atoms with E-state index in [9.17, 15) is 4.79 Å². The van der Waals surface area contributed by atoms with Gasteiger partial charge in [0.25, 0.3) is 0 Å². The highest BCUT2D eigenvalue weighted by molar-refractivity contribution is 9.10. The number of carboxylic acid groups (broad SMARTS) is 1. The molecule has 0 atom stereocenters. The molecule has 0 aliphatic rings. The van der Waals surface area contributed by atoms with E-state index in [1.807, 2.05) is 0 Å². The van der Waals surface area contributed by atoms with E-state index >= 15 is 0 Å². The van der Waals surface area contributed by atoms with Crippen LogP contribution in [0.1, 0.15) is 10.4 Å². The van der Waals surface area contributed by atoms with E-state index in [1.54, 1.807) is 6.07 Å². The highest BCUT2D eigenvalue weighted by Crippen LogP contribution is 2.27. The third-order valence-electron chi connectivity index (χ3n) is 2.12. The molecule has 0 aliphatic heterocycles. The maximum Gasteiger partial charge on any atom is 0.339 e. The Balaban J connectivity index is 2.39. The molecular weight excluding hydrogens is 353 g/mol. The van der Waals surface area contributed by atoms with Crippen molar-refractivity contribution in [2.75, 3.05) is 7.11 Å². The van der Waals surface area contributed by atoms with Crippen LogP contribution < -0.4 is 9.47 Å². The van der Waals surface area contributed by atoms with Gasteiger partial charge in [-0.25, -0.2) is 4.79 Å². The Hall–Kier alpha value is -1.93. The number of carbonyl (C=O) groups is 1. The molecule has 7 nitrogen and oxygen atoms in total. The number of hydrogen-bond donors (Lipinski definition) is 1. The maximum absolute atomic E-state index is 11.1. The predicted molar refractivity (Wildman–Crippen MR) is 72.6 cm³/mol. The first-order valence-corrected chi connectivity index (χ1v) is 6.33. The minimum absolute atomic E-state index is 0.0333. The number of ether oxygens (including phenoxy) is 2. The summed E-state index contributed by atoms with van der Waals surface area (Å²) in [7, 11) is 1.36. The second kappa shape index (κ2) is 6.02. The van der Waals surface area contributed by atoms with E-state index in [2.05, 4.69) is 30.9 Å². The van der Waals surface area contributed by atoms with E-state index in [-0.39, 0.29) is 28.6 Å². The largest absolute Gasteiger partial charge is 0.478 e. The van der Waals surface area contributed by atoms with Crippen molar-refractivity contribution in [3.05, 3.63) is 33.5 Å². The van der Waals surface area contributed by atoms with Crippen LogP contribution in [0.4, 0.5) is 0 Å². The van der Waals surface area contributed by atoms with Crippen molar-refractivity contribution in [2.45, 2.75) is 0 Å². The Bertz CT molecular complexity index is 668. The number of methoxy groups -OCH3 is 1. The molecule has 1 aromatic heterocycles. The van der Waals surface area contributed by atoms with Crippen molar-refractivity contribution >= 4 is 33.5 Å². The molecule has 0 unspecified atom stereocenters. The van der Waals surface area contributed by atoms with Gasteiger partial charge in [0.2, 0.25) is 5.28 Å². The molecule has 2 rings (SSSR count). The Morgan fingerprint density at radius 1 is 1.30 bits per heavy atom. The van der Waals surface area contributed by atoms with Gasteiger partial charge in [0, 0.05) is 4.47 Å². The standard InChI is InChI=1S/C11H7BrClN3O4/c1-19-10-14-9(13)15-11(16-10)20-7-3-2-5(12)4-6(7)8(17)18/h2-4H,1H3,(H,17,18). The van der Waals surface area contributed by atoms with Gasteiger partial charge in [-0.3, -0.25) is 0 Å².